The minimum Gasteiger partial charge on any atom is -0.496 e. The van der Waals surface area contributed by atoms with E-state index in [1.165, 1.54) is 35.8 Å². The highest BCUT2D eigenvalue weighted by Crippen LogP contribution is 2.47. The Morgan fingerprint density at radius 1 is 1.12 bits per heavy atom. The van der Waals surface area contributed by atoms with Crippen LogP contribution in [-0.2, 0) is 19.9 Å². The second-order valence-electron chi connectivity index (χ2n) is 10.8. The van der Waals surface area contributed by atoms with Crippen LogP contribution in [0.25, 0.3) is 0 Å². The summed E-state index contributed by atoms with van der Waals surface area (Å²) in [6, 6.07) is 10.6. The molecule has 4 atom stereocenters. The quantitative estimate of drug-likeness (QED) is 0.214. The zero-order valence-electron chi connectivity index (χ0n) is 22.9. The molecule has 2 saturated carbocycles. The molecule has 1 amide bonds. The number of thiophene rings is 2. The van der Waals surface area contributed by atoms with Gasteiger partial charge in [-0.25, -0.2) is 4.79 Å². The Balaban J connectivity index is 1.11. The van der Waals surface area contributed by atoms with E-state index in [4.69, 9.17) is 21.1 Å². The summed E-state index contributed by atoms with van der Waals surface area (Å²) in [6.45, 7) is 0.587. The van der Waals surface area contributed by atoms with Gasteiger partial charge in [-0.15, -0.1) is 22.7 Å². The minimum absolute atomic E-state index is 0.172. The first-order chi connectivity index (χ1) is 19.7. The van der Waals surface area contributed by atoms with Crippen LogP contribution >= 0.6 is 34.3 Å². The van der Waals surface area contributed by atoms with Crippen LogP contribution in [0.4, 0.5) is 5.69 Å². The first-order valence-electron chi connectivity index (χ1n) is 13.6. The van der Waals surface area contributed by atoms with Crippen molar-refractivity contribution in [2.75, 3.05) is 26.0 Å². The Labute approximate surface area is 252 Å². The summed E-state index contributed by atoms with van der Waals surface area (Å²) in [5.41, 5.74) is -1.06. The first kappa shape index (κ1) is 29.7. The van der Waals surface area contributed by atoms with Gasteiger partial charge in [0.25, 0.3) is 0 Å². The lowest BCUT2D eigenvalue weighted by molar-refractivity contribution is -0.167. The Kier molecular flexibility index (Phi) is 9.15. The van der Waals surface area contributed by atoms with Crippen LogP contribution in [0.1, 0.15) is 52.2 Å². The number of aliphatic hydroxyl groups is 1. The average molecular weight is 617 g/mol. The van der Waals surface area contributed by atoms with Crippen molar-refractivity contribution >= 4 is 58.1 Å². The molecule has 2 N–H and O–H groups in total. The lowest BCUT2D eigenvalue weighted by Crippen LogP contribution is -2.39. The molecule has 0 unspecified atom stereocenters. The predicted octanol–water partition coefficient (Wildman–Crippen LogP) is 5.58. The largest absolute Gasteiger partial charge is 0.496 e. The van der Waals surface area contributed by atoms with E-state index in [9.17, 15) is 19.5 Å². The molecule has 1 aromatic carbocycles. The fourth-order valence-electron chi connectivity index (χ4n) is 6.12. The fraction of sp³-hybridized carbons (Fsp3) is 0.433. The number of fused-ring (bicyclic) bond motifs is 1. The molecule has 3 aromatic rings. The van der Waals surface area contributed by atoms with E-state index >= 15 is 0 Å². The number of ether oxygens (including phenoxy) is 2. The highest BCUT2D eigenvalue weighted by atomic mass is 35.5. The maximum Gasteiger partial charge on any atom is 0.349 e. The SMILES string of the molecule is COc1cc(NC(=O)CCN(C)[C@H]2C[C@H]3C[C@H](OC(=O)C(O)(c4cccs4)c4cccs4)C[C@H]3C2)c(Cl)cc1C=O. The number of amides is 1. The van der Waals surface area contributed by atoms with Gasteiger partial charge in [0.1, 0.15) is 11.9 Å². The number of aldehydes is 1. The molecule has 2 heterocycles. The summed E-state index contributed by atoms with van der Waals surface area (Å²) in [5.74, 6) is 0.446. The lowest BCUT2D eigenvalue weighted by Gasteiger charge is -2.27. The number of hydrogen-bond acceptors (Lipinski definition) is 9. The number of anilines is 1. The molecule has 218 valence electrons. The summed E-state index contributed by atoms with van der Waals surface area (Å²) < 4.78 is 11.2. The Hall–Kier alpha value is -2.76. The predicted molar refractivity (Wildman–Crippen MR) is 160 cm³/mol. The number of benzene rings is 1. The van der Waals surface area contributed by atoms with Gasteiger partial charge in [-0.05, 0) is 73.5 Å². The number of halogens is 1. The highest BCUT2D eigenvalue weighted by Gasteiger charge is 2.48. The number of hydrogen-bond donors (Lipinski definition) is 2. The van der Waals surface area contributed by atoms with Gasteiger partial charge < -0.3 is 24.8 Å². The van der Waals surface area contributed by atoms with Crippen LogP contribution in [0.2, 0.25) is 5.02 Å². The van der Waals surface area contributed by atoms with Crippen molar-refractivity contribution in [2.45, 2.75) is 49.9 Å². The first-order valence-corrected chi connectivity index (χ1v) is 15.7. The number of nitrogens with one attached hydrogen (secondary N) is 1. The minimum atomic E-state index is -1.78. The Morgan fingerprint density at radius 2 is 1.76 bits per heavy atom. The van der Waals surface area contributed by atoms with Crippen LogP contribution in [0, 0.1) is 11.8 Å². The summed E-state index contributed by atoms with van der Waals surface area (Å²) in [7, 11) is 3.49. The van der Waals surface area contributed by atoms with Gasteiger partial charge >= 0.3 is 5.97 Å². The molecular formula is C30H33ClN2O6S2. The van der Waals surface area contributed by atoms with Gasteiger partial charge in [0.2, 0.25) is 11.5 Å². The monoisotopic (exact) mass is 616 g/mol. The molecule has 0 aliphatic heterocycles. The summed E-state index contributed by atoms with van der Waals surface area (Å²) >= 11 is 8.92. The third-order valence-corrected chi connectivity index (χ3v) is 10.6. The number of carbonyl (C=O) groups is 3. The second kappa shape index (κ2) is 12.6. The van der Waals surface area contributed by atoms with E-state index < -0.39 is 11.6 Å². The molecule has 2 aromatic heterocycles. The van der Waals surface area contributed by atoms with Crippen LogP contribution in [-0.4, -0.2) is 61.0 Å². The molecular weight excluding hydrogens is 584 g/mol. The van der Waals surface area contributed by atoms with Gasteiger partial charge in [0.05, 0.1) is 33.1 Å². The Morgan fingerprint density at radius 3 is 2.29 bits per heavy atom. The molecule has 11 heteroatoms. The normalized spacial score (nSPS) is 22.0. The highest BCUT2D eigenvalue weighted by molar-refractivity contribution is 7.12. The third kappa shape index (κ3) is 6.22. The molecule has 2 fully saturated rings. The van der Waals surface area contributed by atoms with Crippen LogP contribution < -0.4 is 10.1 Å². The molecule has 2 aliphatic rings. The molecule has 5 rings (SSSR count). The topological polar surface area (TPSA) is 105 Å². The van der Waals surface area contributed by atoms with Crippen LogP contribution in [0.15, 0.2) is 47.2 Å². The number of carbonyl (C=O) groups excluding carboxylic acids is 3. The van der Waals surface area contributed by atoms with Gasteiger partial charge in [0, 0.05) is 25.1 Å². The molecule has 0 radical (unpaired) electrons. The van der Waals surface area contributed by atoms with Crippen molar-refractivity contribution in [3.63, 3.8) is 0 Å². The summed E-state index contributed by atoms with van der Waals surface area (Å²) in [4.78, 5) is 40.5. The molecule has 0 saturated heterocycles. The standard InChI is InChI=1S/C30H33ClN2O6S2/c1-33(8-7-28(35)32-24-16-25(38-2)20(17-34)15-23(24)31)21-11-18-13-22(14-19(18)12-21)39-29(36)30(37,26-5-3-9-40-26)27-6-4-10-41-27/h3-6,9-10,15-19,21-22,37H,7-8,11-14H2,1-2H3,(H,32,35)/t18-,19+,21-,22-. The number of esters is 1. The Bertz CT molecular complexity index is 1330. The second-order valence-corrected chi connectivity index (χ2v) is 13.1. The van der Waals surface area contributed by atoms with Crippen LogP contribution in [0.3, 0.4) is 0 Å². The number of methoxy groups -OCH3 is 1. The summed E-state index contributed by atoms with van der Waals surface area (Å²) in [5, 5.41) is 18.3. The average Bonchev–Trinajstić information content (AvgIpc) is 3.77. The molecule has 41 heavy (non-hydrogen) atoms. The van der Waals surface area contributed by atoms with Crippen molar-refractivity contribution < 1.29 is 29.0 Å². The maximum atomic E-state index is 13.3. The smallest absolute Gasteiger partial charge is 0.349 e. The zero-order valence-corrected chi connectivity index (χ0v) is 25.3. The molecule has 0 bridgehead atoms. The van der Waals surface area contributed by atoms with E-state index in [0.717, 1.165) is 25.7 Å². The van der Waals surface area contributed by atoms with E-state index in [1.807, 2.05) is 29.9 Å². The lowest BCUT2D eigenvalue weighted by atomic mass is 10.00. The fourth-order valence-corrected chi connectivity index (χ4v) is 8.05. The maximum absolute atomic E-state index is 13.3. The molecule has 2 aliphatic carbocycles. The number of nitrogens with zero attached hydrogens (tertiary/aromatic N) is 1. The van der Waals surface area contributed by atoms with Crippen molar-refractivity contribution in [3.05, 3.63) is 67.5 Å². The van der Waals surface area contributed by atoms with Crippen LogP contribution in [0.5, 0.6) is 5.75 Å². The van der Waals surface area contributed by atoms with Gasteiger partial charge in [0.15, 0.2) is 6.29 Å². The van der Waals surface area contributed by atoms with E-state index in [-0.39, 0.29) is 17.0 Å². The molecule has 8 nitrogen and oxygen atoms in total. The van der Waals surface area contributed by atoms with Gasteiger partial charge in [-0.2, -0.15) is 0 Å². The van der Waals surface area contributed by atoms with Crippen molar-refractivity contribution in [1.82, 2.24) is 4.90 Å². The van der Waals surface area contributed by atoms with Crippen molar-refractivity contribution in [3.8, 4) is 5.75 Å². The van der Waals surface area contributed by atoms with Crippen molar-refractivity contribution in [2.24, 2.45) is 11.8 Å². The third-order valence-electron chi connectivity index (χ3n) is 8.31. The van der Waals surface area contributed by atoms with Gasteiger partial charge in [-0.1, -0.05) is 23.7 Å². The molecule has 0 spiro atoms. The number of rotatable bonds is 11. The van der Waals surface area contributed by atoms with E-state index in [1.54, 1.807) is 18.2 Å². The van der Waals surface area contributed by atoms with E-state index in [2.05, 4.69) is 10.2 Å². The van der Waals surface area contributed by atoms with E-state index in [0.29, 0.717) is 63.9 Å². The summed E-state index contributed by atoms with van der Waals surface area (Å²) in [6.07, 6.45) is 4.26. The van der Waals surface area contributed by atoms with Gasteiger partial charge in [-0.3, -0.25) is 9.59 Å². The van der Waals surface area contributed by atoms with Crippen molar-refractivity contribution in [1.29, 1.82) is 0 Å². The zero-order chi connectivity index (χ0) is 29.1.